The van der Waals surface area contributed by atoms with Crippen molar-refractivity contribution in [3.05, 3.63) is 35.4 Å². The summed E-state index contributed by atoms with van der Waals surface area (Å²) in [5.74, 6) is 0.0428. The standard InChI is InChI=1S/C18H26N4O3S2/c1-12(2)15-9-7-14(8-10-15)6-5-11-19-27(24,25)18-22-21-17(26-18)20-16(23)13(3)4/h7-10,12-13,19H,5-6,11H2,1-4H3,(H,20,21,23). The second kappa shape index (κ2) is 9.38. The quantitative estimate of drug-likeness (QED) is 0.488. The average Bonchev–Trinajstić information content (AvgIpc) is 3.08. The van der Waals surface area contributed by atoms with Crippen LogP contribution in [0, 0.1) is 5.92 Å². The number of carbonyl (C=O) groups is 1. The molecule has 0 atom stereocenters. The van der Waals surface area contributed by atoms with Gasteiger partial charge in [0.25, 0.3) is 10.0 Å². The van der Waals surface area contributed by atoms with Crippen molar-refractivity contribution in [2.75, 3.05) is 11.9 Å². The Morgan fingerprint density at radius 3 is 2.37 bits per heavy atom. The molecule has 2 rings (SSSR count). The third-order valence-electron chi connectivity index (χ3n) is 3.97. The van der Waals surface area contributed by atoms with E-state index in [2.05, 4.69) is 58.3 Å². The van der Waals surface area contributed by atoms with E-state index in [0.29, 0.717) is 18.9 Å². The summed E-state index contributed by atoms with van der Waals surface area (Å²) < 4.78 is 26.9. The zero-order valence-corrected chi connectivity index (χ0v) is 17.7. The van der Waals surface area contributed by atoms with Crippen LogP contribution in [0.2, 0.25) is 0 Å². The number of aromatic nitrogens is 2. The van der Waals surface area contributed by atoms with Gasteiger partial charge in [0.15, 0.2) is 0 Å². The Morgan fingerprint density at radius 1 is 1.11 bits per heavy atom. The molecule has 0 aliphatic carbocycles. The predicted molar refractivity (Wildman–Crippen MR) is 107 cm³/mol. The van der Waals surface area contributed by atoms with Gasteiger partial charge in [0, 0.05) is 12.5 Å². The maximum atomic E-state index is 12.3. The molecule has 7 nitrogen and oxygen atoms in total. The van der Waals surface area contributed by atoms with Gasteiger partial charge in [-0.15, -0.1) is 10.2 Å². The molecular formula is C18H26N4O3S2. The molecule has 9 heteroatoms. The molecule has 2 aromatic rings. The first-order valence-electron chi connectivity index (χ1n) is 8.92. The molecule has 1 aromatic carbocycles. The number of anilines is 1. The summed E-state index contributed by atoms with van der Waals surface area (Å²) in [7, 11) is -3.72. The van der Waals surface area contributed by atoms with Crippen LogP contribution in [0.25, 0.3) is 0 Å². The Hall–Kier alpha value is -1.84. The number of hydrogen-bond donors (Lipinski definition) is 2. The van der Waals surface area contributed by atoms with Crippen LogP contribution in [-0.4, -0.2) is 31.1 Å². The molecule has 0 saturated carbocycles. The van der Waals surface area contributed by atoms with Crippen LogP contribution in [0.15, 0.2) is 28.6 Å². The molecule has 1 heterocycles. The number of benzene rings is 1. The molecular weight excluding hydrogens is 384 g/mol. The molecule has 148 valence electrons. The molecule has 0 radical (unpaired) electrons. The van der Waals surface area contributed by atoms with E-state index in [1.165, 1.54) is 11.1 Å². The minimum absolute atomic E-state index is 0.150. The largest absolute Gasteiger partial charge is 0.300 e. The number of nitrogens with zero attached hydrogens (tertiary/aromatic N) is 2. The Labute approximate surface area is 164 Å². The fourth-order valence-electron chi connectivity index (χ4n) is 2.25. The summed E-state index contributed by atoms with van der Waals surface area (Å²) in [5.41, 5.74) is 2.46. The van der Waals surface area contributed by atoms with Crippen LogP contribution in [0.1, 0.15) is 51.2 Å². The van der Waals surface area contributed by atoms with Gasteiger partial charge >= 0.3 is 0 Å². The monoisotopic (exact) mass is 410 g/mol. The maximum Gasteiger partial charge on any atom is 0.269 e. The fourth-order valence-corrected chi connectivity index (χ4v) is 4.27. The highest BCUT2D eigenvalue weighted by Crippen LogP contribution is 2.20. The van der Waals surface area contributed by atoms with E-state index in [4.69, 9.17) is 0 Å². The molecule has 1 amide bonds. The molecule has 0 bridgehead atoms. The lowest BCUT2D eigenvalue weighted by atomic mass is 10.0. The molecule has 1 aromatic heterocycles. The highest BCUT2D eigenvalue weighted by molar-refractivity contribution is 7.91. The lowest BCUT2D eigenvalue weighted by Crippen LogP contribution is -2.25. The van der Waals surface area contributed by atoms with Gasteiger partial charge in [-0.3, -0.25) is 4.79 Å². The summed E-state index contributed by atoms with van der Waals surface area (Å²) in [5, 5.41) is 10.1. The van der Waals surface area contributed by atoms with Crippen molar-refractivity contribution in [2.24, 2.45) is 5.92 Å². The molecule has 0 unspecified atom stereocenters. The normalized spacial score (nSPS) is 11.9. The van der Waals surface area contributed by atoms with Gasteiger partial charge in [0.1, 0.15) is 0 Å². The molecule has 0 aliphatic rings. The number of rotatable bonds is 9. The van der Waals surface area contributed by atoms with Crippen LogP contribution < -0.4 is 10.0 Å². The van der Waals surface area contributed by atoms with E-state index in [1.54, 1.807) is 13.8 Å². The first-order valence-corrected chi connectivity index (χ1v) is 11.2. The minimum Gasteiger partial charge on any atom is -0.300 e. The van der Waals surface area contributed by atoms with Gasteiger partial charge in [-0.05, 0) is 29.9 Å². The maximum absolute atomic E-state index is 12.3. The van der Waals surface area contributed by atoms with Crippen LogP contribution >= 0.6 is 11.3 Å². The van der Waals surface area contributed by atoms with Crippen molar-refractivity contribution in [1.29, 1.82) is 0 Å². The Balaban J connectivity index is 1.84. The van der Waals surface area contributed by atoms with E-state index >= 15 is 0 Å². The van der Waals surface area contributed by atoms with Gasteiger partial charge in [-0.2, -0.15) is 0 Å². The van der Waals surface area contributed by atoms with Crippen molar-refractivity contribution in [2.45, 2.75) is 50.8 Å². The predicted octanol–water partition coefficient (Wildman–Crippen LogP) is 3.17. The van der Waals surface area contributed by atoms with Gasteiger partial charge in [-0.1, -0.05) is 63.3 Å². The first-order chi connectivity index (χ1) is 12.7. The topological polar surface area (TPSA) is 101 Å². The summed E-state index contributed by atoms with van der Waals surface area (Å²) in [4.78, 5) is 11.6. The Morgan fingerprint density at radius 2 is 1.78 bits per heavy atom. The van der Waals surface area contributed by atoms with Crippen molar-refractivity contribution >= 4 is 32.4 Å². The summed E-state index contributed by atoms with van der Waals surface area (Å²) in [6.45, 7) is 8.09. The van der Waals surface area contributed by atoms with Crippen LogP contribution in [0.3, 0.4) is 0 Å². The molecule has 27 heavy (non-hydrogen) atoms. The van der Waals surface area contributed by atoms with E-state index in [1.807, 2.05) is 0 Å². The molecule has 0 spiro atoms. The number of aryl methyl sites for hydroxylation is 1. The molecule has 0 aliphatic heterocycles. The summed E-state index contributed by atoms with van der Waals surface area (Å²) in [6, 6.07) is 8.38. The molecule has 0 saturated heterocycles. The second-order valence-electron chi connectivity index (χ2n) is 6.91. The van der Waals surface area contributed by atoms with Crippen LogP contribution in [-0.2, 0) is 21.2 Å². The molecule has 0 fully saturated rings. The van der Waals surface area contributed by atoms with Gasteiger partial charge in [-0.25, -0.2) is 13.1 Å². The lowest BCUT2D eigenvalue weighted by molar-refractivity contribution is -0.118. The zero-order chi connectivity index (χ0) is 20.0. The van der Waals surface area contributed by atoms with Crippen molar-refractivity contribution < 1.29 is 13.2 Å². The number of carbonyl (C=O) groups excluding carboxylic acids is 1. The third-order valence-corrected chi connectivity index (χ3v) is 6.64. The van der Waals surface area contributed by atoms with Gasteiger partial charge < -0.3 is 5.32 Å². The van der Waals surface area contributed by atoms with Crippen LogP contribution in [0.5, 0.6) is 0 Å². The second-order valence-corrected chi connectivity index (χ2v) is 9.83. The number of hydrogen-bond acceptors (Lipinski definition) is 6. The van der Waals surface area contributed by atoms with Crippen LogP contribution in [0.4, 0.5) is 5.13 Å². The lowest BCUT2D eigenvalue weighted by Gasteiger charge is -2.07. The Kier molecular flexibility index (Phi) is 7.46. The summed E-state index contributed by atoms with van der Waals surface area (Å²) in [6.07, 6.45) is 1.46. The third kappa shape index (κ3) is 6.37. The van der Waals surface area contributed by atoms with Crippen molar-refractivity contribution in [1.82, 2.24) is 14.9 Å². The van der Waals surface area contributed by atoms with E-state index < -0.39 is 10.0 Å². The number of nitrogens with one attached hydrogen (secondary N) is 2. The summed E-state index contributed by atoms with van der Waals surface area (Å²) >= 11 is 0.840. The Bertz CT molecular complexity index is 859. The minimum atomic E-state index is -3.72. The highest BCUT2D eigenvalue weighted by Gasteiger charge is 2.20. The highest BCUT2D eigenvalue weighted by atomic mass is 32.2. The number of amides is 1. The zero-order valence-electron chi connectivity index (χ0n) is 16.0. The smallest absolute Gasteiger partial charge is 0.269 e. The first kappa shape index (κ1) is 21.5. The van der Waals surface area contributed by atoms with Crippen molar-refractivity contribution in [3.8, 4) is 0 Å². The van der Waals surface area contributed by atoms with Gasteiger partial charge in [0.05, 0.1) is 0 Å². The fraction of sp³-hybridized carbons (Fsp3) is 0.500. The van der Waals surface area contributed by atoms with E-state index in [-0.39, 0.29) is 21.3 Å². The number of sulfonamides is 1. The van der Waals surface area contributed by atoms with E-state index in [0.717, 1.165) is 17.8 Å². The van der Waals surface area contributed by atoms with Gasteiger partial charge in [0.2, 0.25) is 15.4 Å². The molecule has 2 N–H and O–H groups in total. The van der Waals surface area contributed by atoms with Crippen molar-refractivity contribution in [3.63, 3.8) is 0 Å². The SMILES string of the molecule is CC(C)C(=O)Nc1nnc(S(=O)(=O)NCCCc2ccc(C(C)C)cc2)s1. The average molecular weight is 411 g/mol. The van der Waals surface area contributed by atoms with E-state index in [9.17, 15) is 13.2 Å².